The quantitative estimate of drug-likeness (QED) is 0.286. The molecule has 1 aromatic carbocycles. The summed E-state index contributed by atoms with van der Waals surface area (Å²) in [7, 11) is 0. The molecule has 0 radical (unpaired) electrons. The number of amides is 2. The van der Waals surface area contributed by atoms with Gasteiger partial charge in [-0.15, -0.1) is 0 Å². The van der Waals surface area contributed by atoms with Gasteiger partial charge in [0.15, 0.2) is 5.65 Å². The molecule has 9 nitrogen and oxygen atoms in total. The van der Waals surface area contributed by atoms with Gasteiger partial charge in [-0.3, -0.25) is 9.48 Å². The number of piperidine rings is 1. The smallest absolute Gasteiger partial charge is 0.325 e. The van der Waals surface area contributed by atoms with Gasteiger partial charge in [0.25, 0.3) is 0 Å². The van der Waals surface area contributed by atoms with Crippen molar-refractivity contribution < 1.29 is 22.8 Å². The summed E-state index contributed by atoms with van der Waals surface area (Å²) in [5.41, 5.74) is 4.56. The molecule has 4 aromatic rings. The molecule has 2 aliphatic rings. The number of halogens is 3. The van der Waals surface area contributed by atoms with Gasteiger partial charge in [-0.2, -0.15) is 23.4 Å². The van der Waals surface area contributed by atoms with Gasteiger partial charge in [0.2, 0.25) is 0 Å². The number of ketones is 1. The third-order valence-corrected chi connectivity index (χ3v) is 8.09. The molecule has 6 rings (SSSR count). The maximum atomic E-state index is 12.7. The lowest BCUT2D eigenvalue weighted by Gasteiger charge is -2.34. The molecule has 2 aliphatic heterocycles. The SMILES string of the molecule is O=C(CCC(F)(F)F)Cc1cccc(-c2cnc3cc(-c4cnn(C5CCN(C(=O)N6CCCC6)CC5)c4)cnn23)c1. The van der Waals surface area contributed by atoms with Gasteiger partial charge >= 0.3 is 12.2 Å². The zero-order valence-electron chi connectivity index (χ0n) is 23.1. The van der Waals surface area contributed by atoms with Crippen LogP contribution in [0, 0.1) is 0 Å². The number of imidazole rings is 1. The van der Waals surface area contributed by atoms with E-state index in [1.165, 1.54) is 0 Å². The number of benzene rings is 1. The summed E-state index contributed by atoms with van der Waals surface area (Å²) in [6, 6.07) is 9.47. The average molecular weight is 580 g/mol. The van der Waals surface area contributed by atoms with Crippen molar-refractivity contribution in [2.24, 2.45) is 0 Å². The minimum Gasteiger partial charge on any atom is -0.325 e. The number of likely N-dealkylation sites (tertiary alicyclic amines) is 2. The Morgan fingerprint density at radius 1 is 0.881 bits per heavy atom. The van der Waals surface area contributed by atoms with Crippen LogP contribution < -0.4 is 0 Å². The molecule has 0 aliphatic carbocycles. The number of nitrogens with zero attached hydrogens (tertiary/aromatic N) is 7. The summed E-state index contributed by atoms with van der Waals surface area (Å²) >= 11 is 0. The molecule has 0 bridgehead atoms. The molecule has 0 saturated carbocycles. The Bertz CT molecular complexity index is 1580. The lowest BCUT2D eigenvalue weighted by molar-refractivity contribution is -0.143. The van der Waals surface area contributed by atoms with E-state index in [2.05, 4.69) is 15.2 Å². The number of carbonyl (C=O) groups is 2. The molecular weight excluding hydrogens is 547 g/mol. The van der Waals surface area contributed by atoms with Crippen LogP contribution >= 0.6 is 0 Å². The zero-order valence-corrected chi connectivity index (χ0v) is 23.1. The van der Waals surface area contributed by atoms with Crippen LogP contribution in [0.3, 0.4) is 0 Å². The lowest BCUT2D eigenvalue weighted by atomic mass is 10.0. The average Bonchev–Trinajstić information content (AvgIpc) is 3.76. The first-order valence-electron chi connectivity index (χ1n) is 14.3. The summed E-state index contributed by atoms with van der Waals surface area (Å²) in [6.45, 7) is 3.17. The van der Waals surface area contributed by atoms with Gasteiger partial charge in [0, 0.05) is 61.9 Å². The second-order valence-corrected chi connectivity index (χ2v) is 11.1. The molecule has 0 atom stereocenters. The maximum Gasteiger partial charge on any atom is 0.389 e. The van der Waals surface area contributed by atoms with E-state index in [1.54, 1.807) is 35.1 Å². The van der Waals surface area contributed by atoms with Crippen LogP contribution in [-0.4, -0.2) is 78.3 Å². The Hall–Kier alpha value is -4.22. The monoisotopic (exact) mass is 579 g/mol. The van der Waals surface area contributed by atoms with E-state index >= 15 is 0 Å². The zero-order chi connectivity index (χ0) is 29.3. The van der Waals surface area contributed by atoms with E-state index in [-0.39, 0.29) is 18.5 Å². The van der Waals surface area contributed by atoms with Crippen LogP contribution in [0.15, 0.2) is 55.1 Å². The highest BCUT2D eigenvalue weighted by molar-refractivity contribution is 5.81. The highest BCUT2D eigenvalue weighted by atomic mass is 19.4. The van der Waals surface area contributed by atoms with Crippen molar-refractivity contribution in [2.75, 3.05) is 26.2 Å². The minimum absolute atomic E-state index is 0.0595. The van der Waals surface area contributed by atoms with E-state index < -0.39 is 24.8 Å². The third kappa shape index (κ3) is 6.17. The molecule has 5 heterocycles. The summed E-state index contributed by atoms with van der Waals surface area (Å²) < 4.78 is 41.1. The minimum atomic E-state index is -4.34. The van der Waals surface area contributed by atoms with Crippen LogP contribution in [0.5, 0.6) is 0 Å². The molecular formula is C30H32F3N7O2. The van der Waals surface area contributed by atoms with Gasteiger partial charge in [-0.1, -0.05) is 18.2 Å². The lowest BCUT2D eigenvalue weighted by Crippen LogP contribution is -2.45. The van der Waals surface area contributed by atoms with E-state index in [0.29, 0.717) is 16.9 Å². The van der Waals surface area contributed by atoms with Crippen LogP contribution in [-0.2, 0) is 11.2 Å². The van der Waals surface area contributed by atoms with Gasteiger partial charge in [0.1, 0.15) is 5.78 Å². The molecule has 3 aromatic heterocycles. The van der Waals surface area contributed by atoms with Crippen LogP contribution in [0.2, 0.25) is 0 Å². The van der Waals surface area contributed by atoms with Crippen molar-refractivity contribution >= 4 is 17.5 Å². The molecule has 0 spiro atoms. The summed E-state index contributed by atoms with van der Waals surface area (Å²) in [5, 5.41) is 9.22. The number of hydrogen-bond acceptors (Lipinski definition) is 5. The second-order valence-electron chi connectivity index (χ2n) is 11.1. The Morgan fingerprint density at radius 2 is 1.62 bits per heavy atom. The number of urea groups is 1. The third-order valence-electron chi connectivity index (χ3n) is 8.09. The summed E-state index contributed by atoms with van der Waals surface area (Å²) in [5.74, 6) is -0.452. The number of alkyl halides is 3. The largest absolute Gasteiger partial charge is 0.389 e. The fraction of sp³-hybridized carbons (Fsp3) is 0.433. The molecule has 2 saturated heterocycles. The molecule has 2 fully saturated rings. The standard InChI is InChI=1S/C30H32F3N7O2/c31-30(32,33)9-6-26(41)15-21-4-3-5-22(14-21)27-19-34-28-16-23(17-36-40(27)28)24-18-35-39(20-24)25-7-12-38(13-8-25)29(42)37-10-1-2-11-37/h3-5,14,16-20,25H,1-2,6-13,15H2. The molecule has 12 heteroatoms. The molecule has 220 valence electrons. The van der Waals surface area contributed by atoms with Crippen molar-refractivity contribution in [3.05, 3.63) is 60.7 Å². The van der Waals surface area contributed by atoms with Crippen LogP contribution in [0.1, 0.15) is 50.1 Å². The number of fused-ring (bicyclic) bond motifs is 1. The van der Waals surface area contributed by atoms with Crippen LogP contribution in [0.25, 0.3) is 28.0 Å². The highest BCUT2D eigenvalue weighted by Crippen LogP contribution is 2.28. The maximum absolute atomic E-state index is 12.7. The first kappa shape index (κ1) is 27.9. The van der Waals surface area contributed by atoms with Crippen molar-refractivity contribution in [1.82, 2.24) is 34.2 Å². The Labute approximate surface area is 240 Å². The van der Waals surface area contributed by atoms with Gasteiger partial charge in [-0.05, 0) is 43.4 Å². The molecule has 42 heavy (non-hydrogen) atoms. The summed E-state index contributed by atoms with van der Waals surface area (Å²) in [4.78, 5) is 33.2. The first-order chi connectivity index (χ1) is 20.2. The Morgan fingerprint density at radius 3 is 2.38 bits per heavy atom. The van der Waals surface area contributed by atoms with Gasteiger partial charge in [0.05, 0.1) is 36.7 Å². The highest BCUT2D eigenvalue weighted by Gasteiger charge is 2.29. The number of rotatable bonds is 7. The van der Waals surface area contributed by atoms with E-state index in [9.17, 15) is 22.8 Å². The van der Waals surface area contributed by atoms with Crippen molar-refractivity contribution in [3.63, 3.8) is 0 Å². The van der Waals surface area contributed by atoms with Crippen LogP contribution in [0.4, 0.5) is 18.0 Å². The van der Waals surface area contributed by atoms with E-state index in [4.69, 9.17) is 0 Å². The predicted molar refractivity (Wildman–Crippen MR) is 150 cm³/mol. The Balaban J connectivity index is 1.12. The van der Waals surface area contributed by atoms with Crippen molar-refractivity contribution in [1.29, 1.82) is 0 Å². The molecule has 0 N–H and O–H groups in total. The number of carbonyl (C=O) groups excluding carboxylic acids is 2. The fourth-order valence-electron chi connectivity index (χ4n) is 5.79. The Kier molecular flexibility index (Phi) is 7.70. The van der Waals surface area contributed by atoms with Crippen molar-refractivity contribution in [3.8, 4) is 22.4 Å². The van der Waals surface area contributed by atoms with E-state index in [0.717, 1.165) is 68.6 Å². The van der Waals surface area contributed by atoms with Crippen molar-refractivity contribution in [2.45, 2.75) is 57.2 Å². The van der Waals surface area contributed by atoms with Gasteiger partial charge in [-0.25, -0.2) is 14.3 Å². The molecule has 2 amide bonds. The normalized spacial score (nSPS) is 16.5. The van der Waals surface area contributed by atoms with E-state index in [1.807, 2.05) is 39.0 Å². The predicted octanol–water partition coefficient (Wildman–Crippen LogP) is 5.57. The summed E-state index contributed by atoms with van der Waals surface area (Å²) in [6.07, 6.45) is 5.13. The fourth-order valence-corrected chi connectivity index (χ4v) is 5.79. The molecule has 0 unspecified atom stereocenters. The topological polar surface area (TPSA) is 88.6 Å². The number of hydrogen-bond donors (Lipinski definition) is 0. The second kappa shape index (κ2) is 11.6. The van der Waals surface area contributed by atoms with Gasteiger partial charge < -0.3 is 9.80 Å². The number of aromatic nitrogens is 5. The number of Topliss-reactive ketones (excluding diaryl/α,β-unsaturated/α-hetero) is 1. The first-order valence-corrected chi connectivity index (χ1v) is 14.3.